The Hall–Kier alpha value is -1.59. The molecule has 0 bridgehead atoms. The molecule has 2 nitrogen and oxygen atoms in total. The van der Waals surface area contributed by atoms with Crippen LogP contribution in [0.1, 0.15) is 67.7 Å². The molecule has 0 radical (unpaired) electrons. The van der Waals surface area contributed by atoms with E-state index in [4.69, 9.17) is 16.6 Å². The number of aryl methyl sites for hydroxylation is 1. The molecule has 5 heteroatoms. The van der Waals surface area contributed by atoms with Crippen LogP contribution in [0.15, 0.2) is 78.9 Å². The van der Waals surface area contributed by atoms with Crippen molar-refractivity contribution in [3.05, 3.63) is 112 Å². The molecule has 1 saturated carbocycles. The second kappa shape index (κ2) is 13.2. The van der Waals surface area contributed by atoms with Crippen molar-refractivity contribution in [1.29, 1.82) is 0 Å². The van der Waals surface area contributed by atoms with Gasteiger partial charge >= 0.3 is 29.6 Å². The zero-order valence-electron chi connectivity index (χ0n) is 23.5. The predicted molar refractivity (Wildman–Crippen MR) is 161 cm³/mol. The van der Waals surface area contributed by atoms with Gasteiger partial charge in [0.15, 0.2) is 0 Å². The van der Waals surface area contributed by atoms with Gasteiger partial charge < -0.3 is 6.53 Å². The fourth-order valence-corrected chi connectivity index (χ4v) is 6.38. The Morgan fingerprint density at radius 1 is 1.03 bits per heavy atom. The standard InChI is InChI=1S/C33H34ClNOS.Na.H/c1-33(2,36)30-9-4-3-7-25(30)15-19-32(37-22-24-10-11-24)27-8-5-6-23(20-27)12-17-29-18-14-26-13-16-28(34)21-31(26)35-29;;/h3-9,12-14,16-18,20-21,24,32,36H,10-11,15,19,22H2,1-2H3;;/q;+1;-1/t32-;;/m1../s1. The minimum Gasteiger partial charge on any atom is -1.00 e. The van der Waals surface area contributed by atoms with Gasteiger partial charge in [-0.25, -0.2) is 4.98 Å². The van der Waals surface area contributed by atoms with E-state index in [0.29, 0.717) is 10.3 Å². The molecule has 3 aromatic carbocycles. The molecule has 1 aromatic heterocycles. The first-order valence-corrected chi connectivity index (χ1v) is 14.5. The number of hydrogen-bond donors (Lipinski definition) is 1. The predicted octanol–water partition coefficient (Wildman–Crippen LogP) is 6.22. The molecule has 0 saturated heterocycles. The van der Waals surface area contributed by atoms with Crippen LogP contribution in [0.3, 0.4) is 0 Å². The molecule has 4 aromatic rings. The topological polar surface area (TPSA) is 33.1 Å². The van der Waals surface area contributed by atoms with E-state index < -0.39 is 5.60 Å². The van der Waals surface area contributed by atoms with Crippen molar-refractivity contribution in [1.82, 2.24) is 4.98 Å². The first-order valence-electron chi connectivity index (χ1n) is 13.1. The minimum atomic E-state index is -0.833. The molecule has 1 heterocycles. The Morgan fingerprint density at radius 2 is 1.82 bits per heavy atom. The number of pyridine rings is 1. The van der Waals surface area contributed by atoms with Crippen LogP contribution in [-0.2, 0) is 12.0 Å². The normalized spacial score (nSPS) is 14.5. The maximum Gasteiger partial charge on any atom is 1.00 e. The molecule has 1 N–H and O–H groups in total. The van der Waals surface area contributed by atoms with E-state index in [1.165, 1.54) is 35.3 Å². The van der Waals surface area contributed by atoms with Crippen LogP contribution in [0.5, 0.6) is 0 Å². The number of hydrogen-bond acceptors (Lipinski definition) is 3. The number of nitrogens with zero attached hydrogens (tertiary/aromatic N) is 1. The molecule has 0 unspecified atom stereocenters. The number of thioether (sulfide) groups is 1. The van der Waals surface area contributed by atoms with Crippen molar-refractivity contribution in [2.45, 2.75) is 50.4 Å². The fraction of sp³-hybridized carbons (Fsp3) is 0.303. The first kappa shape index (κ1) is 29.4. The van der Waals surface area contributed by atoms with E-state index >= 15 is 0 Å². The number of aromatic nitrogens is 1. The number of benzene rings is 3. The van der Waals surface area contributed by atoms with E-state index in [2.05, 4.69) is 72.4 Å². The number of halogens is 1. The molecule has 192 valence electrons. The second-order valence-corrected chi connectivity index (χ2v) is 12.3. The van der Waals surface area contributed by atoms with Gasteiger partial charge in [-0.1, -0.05) is 78.3 Å². The quantitative estimate of drug-likeness (QED) is 0.238. The van der Waals surface area contributed by atoms with Crippen LogP contribution in [-0.4, -0.2) is 15.8 Å². The summed E-state index contributed by atoms with van der Waals surface area (Å²) in [6, 6.07) is 27.2. The minimum absolute atomic E-state index is 0. The number of fused-ring (bicyclic) bond motifs is 1. The molecular formula is C33H35ClNNaOS. The van der Waals surface area contributed by atoms with Gasteiger partial charge in [0.05, 0.1) is 16.8 Å². The Bertz CT molecular complexity index is 1420. The monoisotopic (exact) mass is 551 g/mol. The van der Waals surface area contributed by atoms with Crippen LogP contribution >= 0.6 is 23.4 Å². The molecule has 0 spiro atoms. The third kappa shape index (κ3) is 7.97. The van der Waals surface area contributed by atoms with Crippen LogP contribution in [0.4, 0.5) is 0 Å². The molecule has 0 aliphatic heterocycles. The van der Waals surface area contributed by atoms with E-state index in [1.54, 1.807) is 0 Å². The van der Waals surface area contributed by atoms with E-state index in [-0.39, 0.29) is 31.0 Å². The Balaban J connectivity index is 0.00000210. The van der Waals surface area contributed by atoms with Gasteiger partial charge in [-0.3, -0.25) is 0 Å². The average molecular weight is 552 g/mol. The first-order chi connectivity index (χ1) is 17.8. The van der Waals surface area contributed by atoms with Crippen molar-refractivity contribution in [3.8, 4) is 0 Å². The molecular weight excluding hydrogens is 517 g/mol. The summed E-state index contributed by atoms with van der Waals surface area (Å²) in [5.74, 6) is 2.10. The van der Waals surface area contributed by atoms with E-state index in [0.717, 1.165) is 40.9 Å². The van der Waals surface area contributed by atoms with Gasteiger partial charge in [0.25, 0.3) is 0 Å². The maximum absolute atomic E-state index is 10.7. The Labute approximate surface area is 259 Å². The van der Waals surface area contributed by atoms with Gasteiger partial charge in [0.2, 0.25) is 0 Å². The van der Waals surface area contributed by atoms with Crippen molar-refractivity contribution < 1.29 is 36.1 Å². The van der Waals surface area contributed by atoms with Crippen LogP contribution in [0.2, 0.25) is 5.02 Å². The van der Waals surface area contributed by atoms with Gasteiger partial charge in [-0.15, -0.1) is 0 Å². The molecule has 1 aliphatic rings. The third-order valence-corrected chi connectivity index (χ3v) is 8.80. The van der Waals surface area contributed by atoms with Gasteiger partial charge in [-0.2, -0.15) is 11.8 Å². The van der Waals surface area contributed by atoms with Gasteiger partial charge in [0, 0.05) is 15.7 Å². The summed E-state index contributed by atoms with van der Waals surface area (Å²) in [6.07, 6.45) is 8.96. The zero-order chi connectivity index (χ0) is 25.8. The van der Waals surface area contributed by atoms with E-state index in [1.807, 2.05) is 44.2 Å². The summed E-state index contributed by atoms with van der Waals surface area (Å²) in [4.78, 5) is 4.76. The van der Waals surface area contributed by atoms with Crippen molar-refractivity contribution >= 4 is 46.4 Å². The molecule has 38 heavy (non-hydrogen) atoms. The SMILES string of the molecule is CC(C)(O)c1ccccc1CC[C@@H](SCC1CC1)c1cccc(C=Cc2ccc3ccc(Cl)cc3n2)c1.[H-].[Na+]. The zero-order valence-corrected chi connectivity index (χ0v) is 26.1. The van der Waals surface area contributed by atoms with Gasteiger partial charge in [0.1, 0.15) is 0 Å². The third-order valence-electron chi connectivity index (χ3n) is 6.99. The van der Waals surface area contributed by atoms with Crippen molar-refractivity contribution in [2.75, 3.05) is 5.75 Å². The van der Waals surface area contributed by atoms with Crippen LogP contribution in [0, 0.1) is 5.92 Å². The molecule has 1 aliphatic carbocycles. The number of aliphatic hydroxyl groups is 1. The fourth-order valence-electron chi connectivity index (χ4n) is 4.75. The summed E-state index contributed by atoms with van der Waals surface area (Å²) >= 11 is 8.26. The van der Waals surface area contributed by atoms with E-state index in [9.17, 15) is 5.11 Å². The average Bonchev–Trinajstić information content (AvgIpc) is 3.72. The van der Waals surface area contributed by atoms with Crippen LogP contribution in [0.25, 0.3) is 23.1 Å². The Kier molecular flexibility index (Phi) is 10.2. The smallest absolute Gasteiger partial charge is 1.00 e. The molecule has 1 fully saturated rings. The second-order valence-electron chi connectivity index (χ2n) is 10.6. The summed E-state index contributed by atoms with van der Waals surface area (Å²) < 4.78 is 0. The summed E-state index contributed by atoms with van der Waals surface area (Å²) in [5.41, 5.74) is 5.81. The number of rotatable bonds is 10. The van der Waals surface area contributed by atoms with Crippen molar-refractivity contribution in [3.63, 3.8) is 0 Å². The van der Waals surface area contributed by atoms with Gasteiger partial charge in [-0.05, 0) is 97.7 Å². The molecule has 5 rings (SSSR count). The van der Waals surface area contributed by atoms with Crippen molar-refractivity contribution in [2.24, 2.45) is 5.92 Å². The van der Waals surface area contributed by atoms with Crippen LogP contribution < -0.4 is 29.6 Å². The summed E-state index contributed by atoms with van der Waals surface area (Å²) in [6.45, 7) is 3.75. The Morgan fingerprint density at radius 3 is 2.61 bits per heavy atom. The summed E-state index contributed by atoms with van der Waals surface area (Å²) in [7, 11) is 0. The largest absolute Gasteiger partial charge is 1.00 e. The molecule has 0 amide bonds. The maximum atomic E-state index is 10.7. The molecule has 1 atom stereocenters. The summed E-state index contributed by atoms with van der Waals surface area (Å²) in [5, 5.41) is 12.9.